The Kier molecular flexibility index (Phi) is 4.57. The highest BCUT2D eigenvalue weighted by Gasteiger charge is 2.00. The van der Waals surface area contributed by atoms with Crippen LogP contribution in [-0.2, 0) is 11.2 Å². The second-order valence-electron chi connectivity index (χ2n) is 3.94. The molecule has 0 saturated carbocycles. The number of carbonyl (C=O) groups is 1. The van der Waals surface area contributed by atoms with Crippen LogP contribution in [0.3, 0.4) is 0 Å². The third-order valence-corrected chi connectivity index (χ3v) is 2.28. The summed E-state index contributed by atoms with van der Waals surface area (Å²) in [5.74, 6) is -0.217. The zero-order valence-corrected chi connectivity index (χ0v) is 10.0. The van der Waals surface area contributed by atoms with Gasteiger partial charge in [-0.25, -0.2) is 0 Å². The van der Waals surface area contributed by atoms with Gasteiger partial charge in [0.2, 0.25) is 0 Å². The summed E-state index contributed by atoms with van der Waals surface area (Å²) in [4.78, 5) is 10.8. The molecular weight excluding hydrogens is 218 g/mol. The third-order valence-electron chi connectivity index (χ3n) is 2.28. The van der Waals surface area contributed by atoms with E-state index in [0.717, 1.165) is 11.3 Å². The normalized spacial score (nSPS) is 11.3. The molecule has 0 radical (unpaired) electrons. The molecule has 4 heteroatoms. The van der Waals surface area contributed by atoms with Crippen LogP contribution in [0.5, 0.6) is 11.5 Å². The van der Waals surface area contributed by atoms with Gasteiger partial charge < -0.3 is 15.5 Å². The first-order valence-electron chi connectivity index (χ1n) is 5.42. The van der Waals surface area contributed by atoms with Crippen LogP contribution in [0.4, 0.5) is 0 Å². The molecular formula is C13H17NO3. The van der Waals surface area contributed by atoms with E-state index in [2.05, 4.69) is 5.32 Å². The van der Waals surface area contributed by atoms with E-state index in [1.54, 1.807) is 6.07 Å². The summed E-state index contributed by atoms with van der Waals surface area (Å²) in [5.41, 5.74) is 1.74. The summed E-state index contributed by atoms with van der Waals surface area (Å²) >= 11 is 0. The van der Waals surface area contributed by atoms with Crippen LogP contribution in [0.1, 0.15) is 19.4 Å². The van der Waals surface area contributed by atoms with Gasteiger partial charge in [-0.2, -0.15) is 0 Å². The van der Waals surface area contributed by atoms with Gasteiger partial charge in [0.15, 0.2) is 17.3 Å². The van der Waals surface area contributed by atoms with Crippen LogP contribution in [0.2, 0.25) is 0 Å². The Bertz CT molecular complexity index is 438. The van der Waals surface area contributed by atoms with Crippen molar-refractivity contribution < 1.29 is 15.0 Å². The average molecular weight is 235 g/mol. The molecule has 0 unspecified atom stereocenters. The van der Waals surface area contributed by atoms with Crippen LogP contribution in [0, 0.1) is 0 Å². The van der Waals surface area contributed by atoms with Crippen LogP contribution in [-0.4, -0.2) is 22.5 Å². The fourth-order valence-electron chi connectivity index (χ4n) is 1.48. The number of benzene rings is 1. The Hall–Kier alpha value is -1.97. The number of allylic oxidation sites excluding steroid dienone is 2. The second-order valence-corrected chi connectivity index (χ2v) is 3.94. The first-order valence-corrected chi connectivity index (χ1v) is 5.42. The molecule has 0 heterocycles. The predicted molar refractivity (Wildman–Crippen MR) is 65.9 cm³/mol. The minimum Gasteiger partial charge on any atom is -0.504 e. The smallest absolute Gasteiger partial charge is 0.157 e. The summed E-state index contributed by atoms with van der Waals surface area (Å²) in [7, 11) is 0. The molecule has 1 rings (SSSR count). The molecule has 0 spiro atoms. The monoisotopic (exact) mass is 235 g/mol. The fraction of sp³-hybridized carbons (Fsp3) is 0.308. The van der Waals surface area contributed by atoms with Crippen molar-refractivity contribution in [1.82, 2.24) is 5.32 Å². The van der Waals surface area contributed by atoms with Gasteiger partial charge in [0, 0.05) is 12.2 Å². The molecule has 0 aliphatic rings. The summed E-state index contributed by atoms with van der Waals surface area (Å²) in [6.45, 7) is 4.00. The lowest BCUT2D eigenvalue weighted by atomic mass is 10.1. The highest BCUT2D eigenvalue weighted by molar-refractivity contribution is 5.87. The SMILES string of the molecule is CC(=O)C=C(C)NCCc1ccc(O)c(O)c1. The first kappa shape index (κ1) is 13.1. The number of carbonyl (C=O) groups excluding carboxylic acids is 1. The number of ketones is 1. The lowest BCUT2D eigenvalue weighted by Gasteiger charge is -2.07. The van der Waals surface area contributed by atoms with E-state index in [9.17, 15) is 9.90 Å². The Balaban J connectivity index is 2.46. The van der Waals surface area contributed by atoms with Gasteiger partial charge in [-0.05, 0) is 44.0 Å². The molecule has 92 valence electrons. The van der Waals surface area contributed by atoms with Crippen molar-refractivity contribution in [3.63, 3.8) is 0 Å². The van der Waals surface area contributed by atoms with E-state index >= 15 is 0 Å². The van der Waals surface area contributed by atoms with E-state index in [1.165, 1.54) is 25.1 Å². The molecule has 0 aliphatic carbocycles. The fourth-order valence-corrected chi connectivity index (χ4v) is 1.48. The molecule has 0 bridgehead atoms. The van der Waals surface area contributed by atoms with E-state index in [0.29, 0.717) is 13.0 Å². The Labute approximate surface area is 101 Å². The minimum absolute atomic E-state index is 0.0114. The summed E-state index contributed by atoms with van der Waals surface area (Å²) < 4.78 is 0. The Morgan fingerprint density at radius 1 is 1.29 bits per heavy atom. The standard InChI is InChI=1S/C13H17NO3/c1-9(7-10(2)15)14-6-5-11-3-4-12(16)13(17)8-11/h3-4,7-8,14,16-17H,5-6H2,1-2H3. The average Bonchev–Trinajstić information content (AvgIpc) is 2.22. The van der Waals surface area contributed by atoms with Crippen LogP contribution in [0.15, 0.2) is 30.0 Å². The second kappa shape index (κ2) is 5.94. The molecule has 17 heavy (non-hydrogen) atoms. The maximum Gasteiger partial charge on any atom is 0.157 e. The van der Waals surface area contributed by atoms with Crippen LogP contribution < -0.4 is 5.32 Å². The highest BCUT2D eigenvalue weighted by Crippen LogP contribution is 2.24. The molecule has 0 fully saturated rings. The van der Waals surface area contributed by atoms with Crippen LogP contribution in [0.25, 0.3) is 0 Å². The van der Waals surface area contributed by atoms with Crippen molar-refractivity contribution in [2.75, 3.05) is 6.54 Å². The van der Waals surface area contributed by atoms with Gasteiger partial charge in [-0.1, -0.05) is 6.07 Å². The number of hydrogen-bond donors (Lipinski definition) is 3. The molecule has 0 aromatic heterocycles. The maximum atomic E-state index is 10.8. The van der Waals surface area contributed by atoms with E-state index in [4.69, 9.17) is 5.11 Å². The summed E-state index contributed by atoms with van der Waals surface area (Å²) in [6.07, 6.45) is 2.24. The lowest BCUT2D eigenvalue weighted by Crippen LogP contribution is -2.15. The number of nitrogens with one attached hydrogen (secondary N) is 1. The van der Waals surface area contributed by atoms with Gasteiger partial charge in [0.1, 0.15) is 0 Å². The molecule has 0 atom stereocenters. The van der Waals surface area contributed by atoms with Crippen molar-refractivity contribution in [3.8, 4) is 11.5 Å². The number of aromatic hydroxyl groups is 2. The maximum absolute atomic E-state index is 10.8. The van der Waals surface area contributed by atoms with Crippen molar-refractivity contribution in [1.29, 1.82) is 0 Å². The zero-order valence-electron chi connectivity index (χ0n) is 10.0. The van der Waals surface area contributed by atoms with Gasteiger partial charge >= 0.3 is 0 Å². The first-order chi connectivity index (χ1) is 7.99. The third kappa shape index (κ3) is 4.59. The van der Waals surface area contributed by atoms with Crippen molar-refractivity contribution >= 4 is 5.78 Å². The van der Waals surface area contributed by atoms with Gasteiger partial charge in [0.05, 0.1) is 0 Å². The zero-order chi connectivity index (χ0) is 12.8. The Morgan fingerprint density at radius 2 is 2.00 bits per heavy atom. The van der Waals surface area contributed by atoms with E-state index < -0.39 is 0 Å². The molecule has 0 amide bonds. The molecule has 1 aromatic carbocycles. The van der Waals surface area contributed by atoms with Gasteiger partial charge in [-0.3, -0.25) is 4.79 Å². The number of phenolic OH excluding ortho intramolecular Hbond substituents is 2. The van der Waals surface area contributed by atoms with Crippen molar-refractivity contribution in [3.05, 3.63) is 35.5 Å². The minimum atomic E-state index is -0.116. The summed E-state index contributed by atoms with van der Waals surface area (Å²) in [6, 6.07) is 4.74. The lowest BCUT2D eigenvalue weighted by molar-refractivity contribution is -0.112. The largest absolute Gasteiger partial charge is 0.504 e. The molecule has 4 nitrogen and oxygen atoms in total. The topological polar surface area (TPSA) is 69.6 Å². The van der Waals surface area contributed by atoms with Crippen molar-refractivity contribution in [2.24, 2.45) is 0 Å². The number of rotatable bonds is 5. The highest BCUT2D eigenvalue weighted by atomic mass is 16.3. The Morgan fingerprint density at radius 3 is 2.59 bits per heavy atom. The quantitative estimate of drug-likeness (QED) is 0.537. The van der Waals surface area contributed by atoms with E-state index in [-0.39, 0.29) is 17.3 Å². The number of phenols is 2. The molecule has 1 aromatic rings. The molecule has 3 N–H and O–H groups in total. The van der Waals surface area contributed by atoms with Gasteiger partial charge in [-0.15, -0.1) is 0 Å². The molecule has 0 aliphatic heterocycles. The van der Waals surface area contributed by atoms with Crippen molar-refractivity contribution in [2.45, 2.75) is 20.3 Å². The van der Waals surface area contributed by atoms with Gasteiger partial charge in [0.25, 0.3) is 0 Å². The summed E-state index contributed by atoms with van der Waals surface area (Å²) in [5, 5.41) is 21.5. The van der Waals surface area contributed by atoms with E-state index in [1.807, 2.05) is 6.92 Å². The predicted octanol–water partition coefficient (Wildman–Crippen LogP) is 1.72. The molecule has 0 saturated heterocycles. The van der Waals surface area contributed by atoms with Crippen LogP contribution >= 0.6 is 0 Å². The number of hydrogen-bond acceptors (Lipinski definition) is 4.